The highest BCUT2D eigenvalue weighted by Crippen LogP contribution is 2.19. The molecular formula is C16H19NO2. The van der Waals surface area contributed by atoms with E-state index in [1.54, 1.807) is 6.20 Å². The van der Waals surface area contributed by atoms with Crippen molar-refractivity contribution in [1.29, 1.82) is 0 Å². The zero-order chi connectivity index (χ0) is 13.7. The Hall–Kier alpha value is -2.03. The highest BCUT2D eigenvalue weighted by Gasteiger charge is 2.00. The third kappa shape index (κ3) is 3.98. The summed E-state index contributed by atoms with van der Waals surface area (Å²) in [4.78, 5) is 4.18. The van der Waals surface area contributed by atoms with E-state index in [9.17, 15) is 0 Å². The lowest BCUT2D eigenvalue weighted by Crippen LogP contribution is -2.09. The molecule has 3 nitrogen and oxygen atoms in total. The fraction of sp³-hybridized carbons (Fsp3) is 0.312. The number of ether oxygens (including phenoxy) is 2. The Morgan fingerprint density at radius 2 is 1.74 bits per heavy atom. The van der Waals surface area contributed by atoms with Crippen LogP contribution >= 0.6 is 0 Å². The first-order valence-corrected chi connectivity index (χ1v) is 6.40. The minimum absolute atomic E-state index is 0.512. The van der Waals surface area contributed by atoms with Gasteiger partial charge < -0.3 is 9.47 Å². The van der Waals surface area contributed by atoms with Gasteiger partial charge in [-0.1, -0.05) is 12.1 Å². The van der Waals surface area contributed by atoms with Gasteiger partial charge in [-0.3, -0.25) is 4.98 Å². The Morgan fingerprint density at radius 3 is 2.47 bits per heavy atom. The monoisotopic (exact) mass is 257 g/mol. The molecule has 1 heterocycles. The van der Waals surface area contributed by atoms with Crippen LogP contribution in [-0.2, 0) is 0 Å². The Bertz CT molecular complexity index is 535. The molecule has 0 unspecified atom stereocenters. The van der Waals surface area contributed by atoms with E-state index >= 15 is 0 Å². The van der Waals surface area contributed by atoms with Crippen molar-refractivity contribution in [3.63, 3.8) is 0 Å². The third-order valence-corrected chi connectivity index (χ3v) is 2.84. The van der Waals surface area contributed by atoms with E-state index in [2.05, 4.69) is 24.0 Å². The summed E-state index contributed by atoms with van der Waals surface area (Å²) in [5.74, 6) is 1.70. The lowest BCUT2D eigenvalue weighted by atomic mass is 10.1. The zero-order valence-corrected chi connectivity index (χ0v) is 11.6. The number of benzene rings is 1. The van der Waals surface area contributed by atoms with Gasteiger partial charge in [0, 0.05) is 5.69 Å². The molecule has 0 atom stereocenters. The zero-order valence-electron chi connectivity index (χ0n) is 11.6. The number of rotatable bonds is 5. The Labute approximate surface area is 114 Å². The summed E-state index contributed by atoms with van der Waals surface area (Å²) in [5.41, 5.74) is 3.32. The Morgan fingerprint density at radius 1 is 0.947 bits per heavy atom. The quantitative estimate of drug-likeness (QED) is 0.769. The summed E-state index contributed by atoms with van der Waals surface area (Å²) in [7, 11) is 0. The fourth-order valence-corrected chi connectivity index (χ4v) is 1.71. The molecule has 1 aromatic carbocycles. The summed E-state index contributed by atoms with van der Waals surface area (Å²) >= 11 is 0. The van der Waals surface area contributed by atoms with Crippen LogP contribution in [0.4, 0.5) is 0 Å². The third-order valence-electron chi connectivity index (χ3n) is 2.84. The van der Waals surface area contributed by atoms with E-state index in [-0.39, 0.29) is 0 Å². The topological polar surface area (TPSA) is 31.4 Å². The molecule has 0 saturated carbocycles. The van der Waals surface area contributed by atoms with E-state index in [1.165, 1.54) is 5.56 Å². The van der Waals surface area contributed by atoms with Crippen LogP contribution in [-0.4, -0.2) is 18.2 Å². The molecule has 1 aromatic heterocycles. The summed E-state index contributed by atoms with van der Waals surface area (Å²) in [6, 6.07) is 10.0. The molecule has 0 aliphatic rings. The lowest BCUT2D eigenvalue weighted by molar-refractivity contribution is 0.216. The smallest absolute Gasteiger partial charge is 0.137 e. The standard InChI is InChI=1S/C16H19NO2/c1-12-4-5-13(2)16(10-12)19-9-8-18-15-7-6-14(3)17-11-15/h4-7,10-11H,8-9H2,1-3H3. The van der Waals surface area contributed by atoms with E-state index in [0.717, 1.165) is 22.8 Å². The number of pyridine rings is 1. The van der Waals surface area contributed by atoms with Gasteiger partial charge in [-0.05, 0) is 50.1 Å². The van der Waals surface area contributed by atoms with Gasteiger partial charge in [0.2, 0.25) is 0 Å². The van der Waals surface area contributed by atoms with Gasteiger partial charge in [-0.15, -0.1) is 0 Å². The van der Waals surface area contributed by atoms with Gasteiger partial charge >= 0.3 is 0 Å². The molecule has 0 fully saturated rings. The first-order chi connectivity index (χ1) is 9.15. The molecule has 0 N–H and O–H groups in total. The first-order valence-electron chi connectivity index (χ1n) is 6.40. The molecule has 0 aliphatic carbocycles. The lowest BCUT2D eigenvalue weighted by Gasteiger charge is -2.11. The van der Waals surface area contributed by atoms with Crippen molar-refractivity contribution < 1.29 is 9.47 Å². The minimum Gasteiger partial charge on any atom is -0.490 e. The second kappa shape index (κ2) is 6.23. The number of aromatic nitrogens is 1. The summed E-state index contributed by atoms with van der Waals surface area (Å²) in [5, 5.41) is 0. The van der Waals surface area contributed by atoms with Gasteiger partial charge in [-0.25, -0.2) is 0 Å². The van der Waals surface area contributed by atoms with Crippen molar-refractivity contribution in [3.8, 4) is 11.5 Å². The Balaban J connectivity index is 1.80. The molecule has 0 amide bonds. The Kier molecular flexibility index (Phi) is 4.39. The van der Waals surface area contributed by atoms with Crippen LogP contribution < -0.4 is 9.47 Å². The van der Waals surface area contributed by atoms with E-state index < -0.39 is 0 Å². The van der Waals surface area contributed by atoms with E-state index in [1.807, 2.05) is 32.0 Å². The first kappa shape index (κ1) is 13.4. The van der Waals surface area contributed by atoms with Crippen LogP contribution in [0.3, 0.4) is 0 Å². The molecule has 0 bridgehead atoms. The van der Waals surface area contributed by atoms with Gasteiger partial charge in [-0.2, -0.15) is 0 Å². The number of aryl methyl sites for hydroxylation is 3. The molecule has 19 heavy (non-hydrogen) atoms. The second-order valence-corrected chi connectivity index (χ2v) is 4.60. The average Bonchev–Trinajstić information content (AvgIpc) is 2.40. The SMILES string of the molecule is Cc1ccc(C)c(OCCOc2ccc(C)nc2)c1. The van der Waals surface area contributed by atoms with Crippen molar-refractivity contribution in [2.75, 3.05) is 13.2 Å². The van der Waals surface area contributed by atoms with Crippen molar-refractivity contribution in [3.05, 3.63) is 53.3 Å². The van der Waals surface area contributed by atoms with E-state index in [4.69, 9.17) is 9.47 Å². The normalized spacial score (nSPS) is 10.3. The molecule has 0 aliphatic heterocycles. The number of nitrogens with zero attached hydrogens (tertiary/aromatic N) is 1. The molecule has 100 valence electrons. The maximum atomic E-state index is 5.72. The molecule has 0 radical (unpaired) electrons. The van der Waals surface area contributed by atoms with Crippen LogP contribution in [0.15, 0.2) is 36.5 Å². The predicted octanol–water partition coefficient (Wildman–Crippen LogP) is 3.46. The van der Waals surface area contributed by atoms with Crippen LogP contribution in [0, 0.1) is 20.8 Å². The minimum atomic E-state index is 0.512. The van der Waals surface area contributed by atoms with Gasteiger partial charge in [0.05, 0.1) is 6.20 Å². The molecule has 0 spiro atoms. The van der Waals surface area contributed by atoms with Crippen molar-refractivity contribution in [2.24, 2.45) is 0 Å². The largest absolute Gasteiger partial charge is 0.490 e. The highest BCUT2D eigenvalue weighted by atomic mass is 16.5. The van der Waals surface area contributed by atoms with Gasteiger partial charge in [0.25, 0.3) is 0 Å². The summed E-state index contributed by atoms with van der Waals surface area (Å²) in [6.45, 7) is 7.09. The number of hydrogen-bond acceptors (Lipinski definition) is 3. The fourth-order valence-electron chi connectivity index (χ4n) is 1.71. The van der Waals surface area contributed by atoms with Gasteiger partial charge in [0.15, 0.2) is 0 Å². The maximum absolute atomic E-state index is 5.72. The predicted molar refractivity (Wildman–Crippen MR) is 75.9 cm³/mol. The van der Waals surface area contributed by atoms with E-state index in [0.29, 0.717) is 13.2 Å². The van der Waals surface area contributed by atoms with Crippen molar-refractivity contribution in [2.45, 2.75) is 20.8 Å². The highest BCUT2D eigenvalue weighted by molar-refractivity contribution is 5.35. The van der Waals surface area contributed by atoms with Crippen LogP contribution in [0.2, 0.25) is 0 Å². The van der Waals surface area contributed by atoms with Crippen LogP contribution in [0.5, 0.6) is 11.5 Å². The van der Waals surface area contributed by atoms with Crippen molar-refractivity contribution in [1.82, 2.24) is 4.98 Å². The van der Waals surface area contributed by atoms with Crippen LogP contribution in [0.1, 0.15) is 16.8 Å². The molecule has 2 aromatic rings. The van der Waals surface area contributed by atoms with Gasteiger partial charge in [0.1, 0.15) is 24.7 Å². The van der Waals surface area contributed by atoms with Crippen LogP contribution in [0.25, 0.3) is 0 Å². The summed E-state index contributed by atoms with van der Waals surface area (Å²) < 4.78 is 11.3. The maximum Gasteiger partial charge on any atom is 0.137 e. The molecule has 2 rings (SSSR count). The molecular weight excluding hydrogens is 238 g/mol. The summed E-state index contributed by atoms with van der Waals surface area (Å²) in [6.07, 6.45) is 1.73. The molecule has 3 heteroatoms. The second-order valence-electron chi connectivity index (χ2n) is 4.60. The molecule has 0 saturated heterocycles. The average molecular weight is 257 g/mol. The number of hydrogen-bond donors (Lipinski definition) is 0. The van der Waals surface area contributed by atoms with Crippen molar-refractivity contribution >= 4 is 0 Å².